The van der Waals surface area contributed by atoms with E-state index in [1.165, 1.54) is 0 Å². The van der Waals surface area contributed by atoms with Gasteiger partial charge in [-0.05, 0) is 37.1 Å². The minimum Gasteiger partial charge on any atom is -0.445 e. The molecule has 0 fully saturated rings. The van der Waals surface area contributed by atoms with Gasteiger partial charge in [-0.3, -0.25) is 4.79 Å². The summed E-state index contributed by atoms with van der Waals surface area (Å²) in [5.41, 5.74) is 1.96. The van der Waals surface area contributed by atoms with Crippen LogP contribution in [0.2, 0.25) is 0 Å². The van der Waals surface area contributed by atoms with Gasteiger partial charge < -0.3 is 26.0 Å². The van der Waals surface area contributed by atoms with Crippen molar-refractivity contribution < 1.29 is 14.3 Å². The predicted octanol–water partition coefficient (Wildman–Crippen LogP) is 2.69. The molecule has 2 amide bonds. The van der Waals surface area contributed by atoms with E-state index in [1.807, 2.05) is 49.4 Å². The third-order valence-electron chi connectivity index (χ3n) is 4.37. The molecule has 4 N–H and O–H groups in total. The molecule has 0 saturated heterocycles. The van der Waals surface area contributed by atoms with Crippen LogP contribution in [0.3, 0.4) is 0 Å². The number of amides is 2. The smallest absolute Gasteiger partial charge is 0.407 e. The van der Waals surface area contributed by atoms with E-state index in [1.54, 1.807) is 19.2 Å². The highest BCUT2D eigenvalue weighted by Crippen LogP contribution is 2.16. The van der Waals surface area contributed by atoms with E-state index < -0.39 is 6.09 Å². The highest BCUT2D eigenvalue weighted by atomic mass is 16.5. The van der Waals surface area contributed by atoms with Gasteiger partial charge >= 0.3 is 6.09 Å². The number of aryl methyl sites for hydroxylation is 2. The Balaban J connectivity index is 1.35. The van der Waals surface area contributed by atoms with Gasteiger partial charge in [0.1, 0.15) is 29.9 Å². The SMILES string of the molecule is Cc1ccnc(Nc2cc(NCCNC(=O)CNC(=O)OCc3ccccc3)nc(C)n2)c1. The summed E-state index contributed by atoms with van der Waals surface area (Å²) in [7, 11) is 0. The minimum atomic E-state index is -0.647. The Morgan fingerprint density at radius 1 is 0.909 bits per heavy atom. The number of aromatic nitrogens is 3. The van der Waals surface area contributed by atoms with Crippen LogP contribution in [-0.4, -0.2) is 46.6 Å². The Morgan fingerprint density at radius 2 is 1.70 bits per heavy atom. The fourth-order valence-electron chi connectivity index (χ4n) is 2.84. The average Bonchev–Trinajstić information content (AvgIpc) is 2.79. The van der Waals surface area contributed by atoms with Crippen molar-refractivity contribution in [2.24, 2.45) is 0 Å². The van der Waals surface area contributed by atoms with E-state index >= 15 is 0 Å². The molecule has 0 aliphatic carbocycles. The average molecular weight is 450 g/mol. The van der Waals surface area contributed by atoms with Gasteiger partial charge in [-0.25, -0.2) is 19.7 Å². The topological polar surface area (TPSA) is 130 Å². The van der Waals surface area contributed by atoms with Gasteiger partial charge in [-0.2, -0.15) is 0 Å². The number of benzene rings is 1. The third-order valence-corrected chi connectivity index (χ3v) is 4.37. The summed E-state index contributed by atoms with van der Waals surface area (Å²) in [6, 6.07) is 14.9. The van der Waals surface area contributed by atoms with Crippen LogP contribution < -0.4 is 21.3 Å². The molecular weight excluding hydrogens is 422 g/mol. The van der Waals surface area contributed by atoms with Crippen molar-refractivity contribution in [2.75, 3.05) is 30.3 Å². The molecule has 0 atom stereocenters. The molecular formula is C23H27N7O3. The first-order valence-corrected chi connectivity index (χ1v) is 10.5. The van der Waals surface area contributed by atoms with E-state index in [4.69, 9.17) is 4.74 Å². The van der Waals surface area contributed by atoms with Crippen molar-refractivity contribution >= 4 is 29.5 Å². The number of nitrogens with one attached hydrogen (secondary N) is 4. The molecule has 0 unspecified atom stereocenters. The zero-order valence-corrected chi connectivity index (χ0v) is 18.6. The summed E-state index contributed by atoms with van der Waals surface area (Å²) in [5, 5.41) is 11.4. The summed E-state index contributed by atoms with van der Waals surface area (Å²) in [5.74, 6) is 2.21. The Bertz CT molecular complexity index is 1080. The van der Waals surface area contributed by atoms with E-state index in [0.29, 0.717) is 36.4 Å². The predicted molar refractivity (Wildman–Crippen MR) is 125 cm³/mol. The summed E-state index contributed by atoms with van der Waals surface area (Å²) in [6.07, 6.45) is 1.08. The third kappa shape index (κ3) is 8.44. The number of hydrogen-bond acceptors (Lipinski definition) is 8. The van der Waals surface area contributed by atoms with Gasteiger partial charge in [-0.15, -0.1) is 0 Å². The van der Waals surface area contributed by atoms with E-state index in [-0.39, 0.29) is 19.1 Å². The lowest BCUT2D eigenvalue weighted by atomic mass is 10.2. The van der Waals surface area contributed by atoms with Crippen LogP contribution in [-0.2, 0) is 16.1 Å². The zero-order valence-electron chi connectivity index (χ0n) is 18.6. The molecule has 0 aliphatic rings. The minimum absolute atomic E-state index is 0.146. The number of anilines is 3. The van der Waals surface area contributed by atoms with Crippen molar-refractivity contribution in [3.05, 3.63) is 71.7 Å². The standard InChI is InChI=1S/C23H27N7O3/c1-16-8-9-24-19(12-16)30-21-13-20(28-17(2)29-21)25-10-11-26-22(31)14-27-23(32)33-15-18-6-4-3-5-7-18/h3-9,12-13H,10-11,14-15H2,1-2H3,(H,26,31)(H,27,32)(H2,24,25,28,29,30). The molecule has 0 radical (unpaired) electrons. The summed E-state index contributed by atoms with van der Waals surface area (Å²) in [4.78, 5) is 36.6. The molecule has 172 valence electrons. The van der Waals surface area contributed by atoms with E-state index in [0.717, 1.165) is 11.1 Å². The lowest BCUT2D eigenvalue weighted by molar-refractivity contribution is -0.120. The van der Waals surface area contributed by atoms with Crippen molar-refractivity contribution in [2.45, 2.75) is 20.5 Å². The first-order chi connectivity index (χ1) is 16.0. The number of carbonyl (C=O) groups excluding carboxylic acids is 2. The summed E-state index contributed by atoms with van der Waals surface area (Å²) < 4.78 is 5.07. The molecule has 0 aliphatic heterocycles. The fourth-order valence-corrected chi connectivity index (χ4v) is 2.84. The molecule has 1 aromatic carbocycles. The van der Waals surface area contributed by atoms with Gasteiger partial charge in [0.15, 0.2) is 0 Å². The number of rotatable bonds is 10. The van der Waals surface area contributed by atoms with Crippen LogP contribution >= 0.6 is 0 Å². The molecule has 10 nitrogen and oxygen atoms in total. The second kappa shape index (κ2) is 12.0. The number of pyridine rings is 1. The van der Waals surface area contributed by atoms with Gasteiger partial charge in [0, 0.05) is 25.4 Å². The Morgan fingerprint density at radius 3 is 2.48 bits per heavy atom. The second-order valence-corrected chi connectivity index (χ2v) is 7.22. The van der Waals surface area contributed by atoms with Gasteiger partial charge in [0.05, 0.1) is 6.54 Å². The van der Waals surface area contributed by atoms with Crippen LogP contribution in [0.5, 0.6) is 0 Å². The molecule has 3 aromatic rings. The van der Waals surface area contributed by atoms with Crippen molar-refractivity contribution in [3.63, 3.8) is 0 Å². The van der Waals surface area contributed by atoms with E-state index in [9.17, 15) is 9.59 Å². The number of alkyl carbamates (subject to hydrolysis) is 1. The van der Waals surface area contributed by atoms with Crippen molar-refractivity contribution in [3.8, 4) is 0 Å². The van der Waals surface area contributed by atoms with Gasteiger partial charge in [0.25, 0.3) is 0 Å². The number of nitrogens with zero attached hydrogens (tertiary/aromatic N) is 3. The summed E-state index contributed by atoms with van der Waals surface area (Å²) in [6.45, 7) is 4.56. The monoisotopic (exact) mass is 449 g/mol. The number of ether oxygens (including phenoxy) is 1. The molecule has 0 spiro atoms. The maximum atomic E-state index is 11.9. The normalized spacial score (nSPS) is 10.2. The largest absolute Gasteiger partial charge is 0.445 e. The van der Waals surface area contributed by atoms with E-state index in [2.05, 4.69) is 36.2 Å². The maximum absolute atomic E-state index is 11.9. The van der Waals surface area contributed by atoms with Gasteiger partial charge in [0.2, 0.25) is 5.91 Å². The molecule has 2 aromatic heterocycles. The highest BCUT2D eigenvalue weighted by molar-refractivity contribution is 5.82. The van der Waals surface area contributed by atoms with Crippen molar-refractivity contribution in [1.82, 2.24) is 25.6 Å². The Hall–Kier alpha value is -4.21. The first-order valence-electron chi connectivity index (χ1n) is 10.5. The summed E-state index contributed by atoms with van der Waals surface area (Å²) >= 11 is 0. The van der Waals surface area contributed by atoms with Crippen LogP contribution in [0.15, 0.2) is 54.7 Å². The molecule has 33 heavy (non-hydrogen) atoms. The number of carbonyl (C=O) groups is 2. The zero-order chi connectivity index (χ0) is 23.5. The quantitative estimate of drug-likeness (QED) is 0.348. The van der Waals surface area contributed by atoms with Crippen LogP contribution in [0.1, 0.15) is 17.0 Å². The second-order valence-electron chi connectivity index (χ2n) is 7.22. The number of hydrogen-bond donors (Lipinski definition) is 4. The van der Waals surface area contributed by atoms with Crippen LogP contribution in [0.25, 0.3) is 0 Å². The molecule has 3 rings (SSSR count). The molecule has 0 saturated carbocycles. The molecule has 0 bridgehead atoms. The lowest BCUT2D eigenvalue weighted by Gasteiger charge is -2.11. The Labute approximate surface area is 192 Å². The lowest BCUT2D eigenvalue weighted by Crippen LogP contribution is -2.38. The molecule has 2 heterocycles. The van der Waals surface area contributed by atoms with Gasteiger partial charge in [-0.1, -0.05) is 30.3 Å². The van der Waals surface area contributed by atoms with Crippen molar-refractivity contribution in [1.29, 1.82) is 0 Å². The fraction of sp³-hybridized carbons (Fsp3) is 0.261. The molecule has 10 heteroatoms. The highest BCUT2D eigenvalue weighted by Gasteiger charge is 2.07. The van der Waals surface area contributed by atoms with Crippen LogP contribution in [0.4, 0.5) is 22.2 Å². The maximum Gasteiger partial charge on any atom is 0.407 e. The first kappa shape index (κ1) is 23.5. The Kier molecular flexibility index (Phi) is 8.52. The van der Waals surface area contributed by atoms with Crippen LogP contribution in [0, 0.1) is 13.8 Å².